The van der Waals surface area contributed by atoms with Crippen LogP contribution in [0.5, 0.6) is 0 Å². The lowest BCUT2D eigenvalue weighted by Gasteiger charge is -2.37. The van der Waals surface area contributed by atoms with Crippen molar-refractivity contribution in [2.24, 2.45) is 5.92 Å². The van der Waals surface area contributed by atoms with Crippen LogP contribution in [0.3, 0.4) is 0 Å². The Kier molecular flexibility index (Phi) is 6.64. The van der Waals surface area contributed by atoms with E-state index in [1.165, 1.54) is 0 Å². The number of hydrogen-bond acceptors (Lipinski definition) is 6. The van der Waals surface area contributed by atoms with Gasteiger partial charge in [-0.3, -0.25) is 14.4 Å². The molecule has 2 aromatic carbocycles. The quantitative estimate of drug-likeness (QED) is 0.482. The zero-order chi connectivity index (χ0) is 28.4. The summed E-state index contributed by atoms with van der Waals surface area (Å²) < 4.78 is 6.69. The largest absolute Gasteiger partial charge is 0.432 e. The van der Waals surface area contributed by atoms with Crippen molar-refractivity contribution < 1.29 is 29.0 Å². The summed E-state index contributed by atoms with van der Waals surface area (Å²) >= 11 is 0. The van der Waals surface area contributed by atoms with Crippen molar-refractivity contribution in [3.05, 3.63) is 59.2 Å². The fourth-order valence-corrected chi connectivity index (χ4v) is 10.1. The number of carbonyl (C=O) groups is 3. The fraction of sp³-hybridized carbons (Fsp3) is 0.500. The van der Waals surface area contributed by atoms with Gasteiger partial charge < -0.3 is 29.8 Å². The van der Waals surface area contributed by atoms with E-state index in [9.17, 15) is 24.3 Å². The molecule has 3 N–H and O–H groups in total. The monoisotopic (exact) mass is 563 g/mol. The zero-order valence-electron chi connectivity index (χ0n) is 23.2. The van der Waals surface area contributed by atoms with Crippen LogP contribution in [-0.4, -0.2) is 66.1 Å². The van der Waals surface area contributed by atoms with Crippen LogP contribution in [0.25, 0.3) is 0 Å². The summed E-state index contributed by atoms with van der Waals surface area (Å²) in [5.74, 6) is -0.823. The molecule has 3 amide bonds. The molecule has 2 saturated heterocycles. The van der Waals surface area contributed by atoms with Crippen LogP contribution in [-0.2, 0) is 37.7 Å². The molecule has 6 rings (SSSR count). The number of aliphatic hydroxyl groups is 1. The lowest BCUT2D eigenvalue weighted by atomic mass is 9.82. The second-order valence-corrected chi connectivity index (χ2v) is 16.2. The van der Waals surface area contributed by atoms with Crippen molar-refractivity contribution in [2.45, 2.75) is 75.5 Å². The van der Waals surface area contributed by atoms with E-state index in [1.54, 1.807) is 9.80 Å². The number of benzene rings is 2. The van der Waals surface area contributed by atoms with Crippen molar-refractivity contribution in [1.29, 1.82) is 0 Å². The molecule has 9 nitrogen and oxygen atoms in total. The van der Waals surface area contributed by atoms with E-state index in [2.05, 4.69) is 5.32 Å². The van der Waals surface area contributed by atoms with Gasteiger partial charge in [0.15, 0.2) is 13.9 Å². The van der Waals surface area contributed by atoms with E-state index in [0.29, 0.717) is 37.2 Å². The van der Waals surface area contributed by atoms with Crippen LogP contribution in [0.15, 0.2) is 42.5 Å². The summed E-state index contributed by atoms with van der Waals surface area (Å²) in [5, 5.41) is 13.1. The van der Waals surface area contributed by atoms with Crippen molar-refractivity contribution >= 4 is 37.4 Å². The van der Waals surface area contributed by atoms with Crippen molar-refractivity contribution in [1.82, 2.24) is 4.90 Å². The van der Waals surface area contributed by atoms with Gasteiger partial charge >= 0.3 is 0 Å². The first kappa shape index (κ1) is 27.1. The maximum atomic E-state index is 13.8. The minimum absolute atomic E-state index is 0.000666. The molecule has 40 heavy (non-hydrogen) atoms. The summed E-state index contributed by atoms with van der Waals surface area (Å²) in [6, 6.07) is 13.1. The number of carbonyl (C=O) groups excluding carboxylic acids is 3. The van der Waals surface area contributed by atoms with E-state index < -0.39 is 31.5 Å². The third kappa shape index (κ3) is 4.20. The minimum atomic E-state index is -2.93. The SMILES string of the molecule is C[C@@H]1[C@@H]([Si](C)(C)O)[C@H](CC(=O)N2Cc3ccccc3C[C@H]2CO)O[C@@]12C(=O)Nc1ccc(N3CCCC3=O)cc12. The van der Waals surface area contributed by atoms with Gasteiger partial charge in [-0.25, -0.2) is 0 Å². The van der Waals surface area contributed by atoms with Gasteiger partial charge in [0.05, 0.1) is 25.2 Å². The maximum Gasteiger partial charge on any atom is 0.261 e. The van der Waals surface area contributed by atoms with Gasteiger partial charge in [0.1, 0.15) is 0 Å². The number of nitrogens with zero attached hydrogens (tertiary/aromatic N) is 2. The Labute approximate surface area is 235 Å². The first-order valence-electron chi connectivity index (χ1n) is 14.2. The van der Waals surface area contributed by atoms with Gasteiger partial charge in [-0.2, -0.15) is 0 Å². The molecule has 0 radical (unpaired) electrons. The third-order valence-electron chi connectivity index (χ3n) is 9.37. The number of aliphatic hydroxyl groups excluding tert-OH is 1. The van der Waals surface area contributed by atoms with Crippen LogP contribution >= 0.6 is 0 Å². The Morgan fingerprint density at radius 1 is 1.18 bits per heavy atom. The van der Waals surface area contributed by atoms with Crippen molar-refractivity contribution in [2.75, 3.05) is 23.4 Å². The number of hydrogen-bond donors (Lipinski definition) is 3. The molecule has 4 aliphatic rings. The Bertz CT molecular complexity index is 1380. The molecule has 0 aliphatic carbocycles. The molecule has 212 valence electrons. The Hall–Kier alpha value is -3.05. The average molecular weight is 564 g/mol. The maximum absolute atomic E-state index is 13.8. The molecule has 0 saturated carbocycles. The fourth-order valence-electron chi connectivity index (χ4n) is 7.51. The second kappa shape index (κ2) is 9.80. The van der Waals surface area contributed by atoms with Crippen molar-refractivity contribution in [3.8, 4) is 0 Å². The lowest BCUT2D eigenvalue weighted by molar-refractivity contribution is -0.149. The molecule has 10 heteroatoms. The smallest absolute Gasteiger partial charge is 0.261 e. The first-order chi connectivity index (χ1) is 19.0. The normalized spacial score (nSPS) is 29.6. The van der Waals surface area contributed by atoms with Gasteiger partial charge in [0.25, 0.3) is 5.91 Å². The first-order valence-corrected chi connectivity index (χ1v) is 17.2. The van der Waals surface area contributed by atoms with Crippen LogP contribution in [0, 0.1) is 5.92 Å². The van der Waals surface area contributed by atoms with E-state index in [4.69, 9.17) is 4.74 Å². The van der Waals surface area contributed by atoms with E-state index in [1.807, 2.05) is 62.5 Å². The molecular weight excluding hydrogens is 526 g/mol. The van der Waals surface area contributed by atoms with Gasteiger partial charge in [-0.1, -0.05) is 31.2 Å². The minimum Gasteiger partial charge on any atom is -0.432 e. The Morgan fingerprint density at radius 2 is 1.93 bits per heavy atom. The summed E-state index contributed by atoms with van der Waals surface area (Å²) in [4.78, 5) is 54.9. The molecule has 4 aliphatic heterocycles. The number of rotatable bonds is 5. The highest BCUT2D eigenvalue weighted by Crippen LogP contribution is 2.58. The highest BCUT2D eigenvalue weighted by molar-refractivity contribution is 6.71. The molecule has 0 unspecified atom stereocenters. The van der Waals surface area contributed by atoms with Gasteiger partial charge in [-0.05, 0) is 55.3 Å². The molecule has 0 aromatic heterocycles. The Balaban J connectivity index is 1.33. The predicted octanol–water partition coefficient (Wildman–Crippen LogP) is 2.90. The van der Waals surface area contributed by atoms with Crippen LogP contribution in [0.4, 0.5) is 11.4 Å². The summed E-state index contributed by atoms with van der Waals surface area (Å²) in [5.41, 5.74) is 2.42. The molecule has 0 bridgehead atoms. The topological polar surface area (TPSA) is 119 Å². The zero-order valence-corrected chi connectivity index (χ0v) is 24.2. The van der Waals surface area contributed by atoms with Crippen LogP contribution < -0.4 is 10.2 Å². The third-order valence-corrected chi connectivity index (χ3v) is 11.9. The van der Waals surface area contributed by atoms with Crippen molar-refractivity contribution in [3.63, 3.8) is 0 Å². The average Bonchev–Trinajstić information content (AvgIpc) is 3.56. The summed E-state index contributed by atoms with van der Waals surface area (Å²) in [6.45, 7) is 6.46. The summed E-state index contributed by atoms with van der Waals surface area (Å²) in [6.07, 6.45) is 1.18. The predicted molar refractivity (Wildman–Crippen MR) is 152 cm³/mol. The van der Waals surface area contributed by atoms with Crippen LogP contribution in [0.1, 0.15) is 42.9 Å². The summed E-state index contributed by atoms with van der Waals surface area (Å²) in [7, 11) is -2.93. The second-order valence-electron chi connectivity index (χ2n) is 12.2. The molecule has 5 atom stereocenters. The molecule has 4 heterocycles. The number of ether oxygens (including phenoxy) is 1. The number of nitrogens with one attached hydrogen (secondary N) is 1. The molecule has 2 aromatic rings. The van der Waals surface area contributed by atoms with E-state index >= 15 is 0 Å². The standard InChI is InChI=1S/C30H37N3O6Si/c1-18-28(40(2,3)38)25(15-27(36)33-16-20-8-5-4-7-19(20)13-22(33)17-34)39-30(18)23-14-21(32-12-6-9-26(32)35)10-11-24(23)31-29(30)37/h4-5,7-8,10-11,14,18,22,25,28,34,38H,6,9,12-13,15-17H2,1-3H3,(H,31,37)/t18-,22+,25+,28-,30+/m1/s1. The highest BCUT2D eigenvalue weighted by Gasteiger charge is 2.65. The van der Waals surface area contributed by atoms with Gasteiger partial charge in [0, 0.05) is 47.9 Å². The van der Waals surface area contributed by atoms with Gasteiger partial charge in [-0.15, -0.1) is 0 Å². The number of amides is 3. The highest BCUT2D eigenvalue weighted by atomic mass is 28.4. The number of anilines is 2. The van der Waals surface area contributed by atoms with Gasteiger partial charge in [0.2, 0.25) is 11.8 Å². The molecular formula is C30H37N3O6Si. The number of fused-ring (bicyclic) bond motifs is 3. The molecule has 2 fully saturated rings. The van der Waals surface area contributed by atoms with Crippen LogP contribution in [0.2, 0.25) is 18.6 Å². The Morgan fingerprint density at radius 3 is 2.60 bits per heavy atom. The van der Waals surface area contributed by atoms with E-state index in [0.717, 1.165) is 23.2 Å². The van der Waals surface area contributed by atoms with E-state index in [-0.39, 0.29) is 36.8 Å². The molecule has 1 spiro atoms. The lowest BCUT2D eigenvalue weighted by Crippen LogP contribution is -2.48.